The molecule has 0 saturated heterocycles. The number of carbonyl (C=O) groups excluding carboxylic acids is 1. The van der Waals surface area contributed by atoms with E-state index in [1.807, 2.05) is 0 Å². The monoisotopic (exact) mass is 435 g/mol. The summed E-state index contributed by atoms with van der Waals surface area (Å²) >= 11 is 1.10. The molecule has 0 bridgehead atoms. The first kappa shape index (κ1) is 22.1. The first-order valence-corrected chi connectivity index (χ1v) is 8.28. The van der Waals surface area contributed by atoms with E-state index in [0.717, 1.165) is 11.3 Å². The van der Waals surface area contributed by atoms with Crippen LogP contribution in [0.4, 0.5) is 39.5 Å². The average molecular weight is 435 g/mol. The number of rotatable bonds is 4. The van der Waals surface area contributed by atoms with Crippen LogP contribution in [0.2, 0.25) is 0 Å². The van der Waals surface area contributed by atoms with Crippen LogP contribution in [0.3, 0.4) is 0 Å². The van der Waals surface area contributed by atoms with Crippen molar-refractivity contribution in [1.29, 1.82) is 0 Å². The number of hydrogen-bond donors (Lipinski definition) is 0. The molecular formula is C16H10F9NOS. The largest absolute Gasteiger partial charge is 0.416 e. The predicted octanol–water partition coefficient (Wildman–Crippen LogP) is 5.99. The summed E-state index contributed by atoms with van der Waals surface area (Å²) in [5, 5.41) is 2.90. The number of thiophene rings is 1. The van der Waals surface area contributed by atoms with E-state index >= 15 is 0 Å². The van der Waals surface area contributed by atoms with Crippen molar-refractivity contribution in [2.75, 3.05) is 6.54 Å². The maximum absolute atomic E-state index is 12.9. The van der Waals surface area contributed by atoms with Crippen molar-refractivity contribution in [1.82, 2.24) is 4.90 Å². The van der Waals surface area contributed by atoms with Gasteiger partial charge in [-0.05, 0) is 40.6 Å². The fraction of sp³-hybridized carbons (Fsp3) is 0.312. The quantitative estimate of drug-likeness (QED) is 0.541. The molecule has 0 aliphatic heterocycles. The van der Waals surface area contributed by atoms with Crippen LogP contribution in [-0.4, -0.2) is 23.5 Å². The summed E-state index contributed by atoms with van der Waals surface area (Å²) in [6.07, 6.45) is -15.4. The topological polar surface area (TPSA) is 20.3 Å². The summed E-state index contributed by atoms with van der Waals surface area (Å²) in [4.78, 5) is 12.6. The van der Waals surface area contributed by atoms with Gasteiger partial charge in [0.05, 0.1) is 11.1 Å². The molecule has 0 aliphatic rings. The van der Waals surface area contributed by atoms with Gasteiger partial charge in [-0.3, -0.25) is 4.79 Å². The molecule has 1 amide bonds. The third-order valence-corrected chi connectivity index (χ3v) is 4.18. The normalized spacial score (nSPS) is 12.9. The zero-order valence-electron chi connectivity index (χ0n) is 13.5. The highest BCUT2D eigenvalue weighted by atomic mass is 32.1. The van der Waals surface area contributed by atoms with Gasteiger partial charge in [0.15, 0.2) is 0 Å². The minimum atomic E-state index is -5.22. The lowest BCUT2D eigenvalue weighted by Crippen LogP contribution is -2.38. The van der Waals surface area contributed by atoms with E-state index in [1.54, 1.807) is 0 Å². The Labute approximate surface area is 156 Å². The molecule has 0 spiro atoms. The van der Waals surface area contributed by atoms with E-state index in [4.69, 9.17) is 0 Å². The Bertz CT molecular complexity index is 790. The van der Waals surface area contributed by atoms with Gasteiger partial charge in [-0.1, -0.05) is 0 Å². The number of halogens is 9. The van der Waals surface area contributed by atoms with Crippen LogP contribution in [0.5, 0.6) is 0 Å². The highest BCUT2D eigenvalue weighted by Gasteiger charge is 2.39. The van der Waals surface area contributed by atoms with E-state index in [1.165, 1.54) is 16.8 Å². The lowest BCUT2D eigenvalue weighted by atomic mass is 10.0. The third kappa shape index (κ3) is 5.88. The molecule has 1 aromatic heterocycles. The van der Waals surface area contributed by atoms with E-state index in [9.17, 15) is 44.3 Å². The number of hydrogen-bond acceptors (Lipinski definition) is 2. The van der Waals surface area contributed by atoms with Crippen LogP contribution in [0.25, 0.3) is 0 Å². The summed E-state index contributed by atoms with van der Waals surface area (Å²) in [6.45, 7) is -2.46. The zero-order chi connectivity index (χ0) is 21.3. The molecule has 0 unspecified atom stereocenters. The van der Waals surface area contributed by atoms with Gasteiger partial charge in [-0.25, -0.2) is 0 Å². The van der Waals surface area contributed by atoms with Gasteiger partial charge in [0.2, 0.25) is 0 Å². The Morgan fingerprint density at radius 1 is 0.893 bits per heavy atom. The summed E-state index contributed by atoms with van der Waals surface area (Å²) < 4.78 is 116. The molecule has 0 atom stereocenters. The molecule has 0 radical (unpaired) electrons. The number of benzene rings is 1. The Morgan fingerprint density at radius 3 is 1.82 bits per heavy atom. The minimum absolute atomic E-state index is 0.106. The summed E-state index contributed by atoms with van der Waals surface area (Å²) in [5.41, 5.74) is -4.45. The van der Waals surface area contributed by atoms with Crippen molar-refractivity contribution < 1.29 is 44.3 Å². The van der Waals surface area contributed by atoms with Crippen molar-refractivity contribution in [3.8, 4) is 0 Å². The molecule has 28 heavy (non-hydrogen) atoms. The average Bonchev–Trinajstić information content (AvgIpc) is 3.03. The van der Waals surface area contributed by atoms with Crippen molar-refractivity contribution in [2.24, 2.45) is 0 Å². The van der Waals surface area contributed by atoms with Crippen LogP contribution in [0, 0.1) is 0 Å². The Balaban J connectivity index is 2.50. The molecule has 154 valence electrons. The Kier molecular flexibility index (Phi) is 6.02. The molecule has 2 nitrogen and oxygen atoms in total. The molecule has 0 N–H and O–H groups in total. The molecule has 1 aromatic carbocycles. The van der Waals surface area contributed by atoms with Crippen molar-refractivity contribution in [3.05, 3.63) is 57.3 Å². The molecule has 0 fully saturated rings. The number of carbonyl (C=O) groups is 1. The SMILES string of the molecule is O=C(c1cc(C(F)(F)F)cc(C(F)(F)F)c1)N(Cc1ccsc1)CC(F)(F)F. The maximum Gasteiger partial charge on any atom is 0.416 e. The van der Waals surface area contributed by atoms with Crippen molar-refractivity contribution in [3.63, 3.8) is 0 Å². The summed E-state index contributed by atoms with van der Waals surface area (Å²) in [5.74, 6) is -1.60. The van der Waals surface area contributed by atoms with Gasteiger partial charge in [0, 0.05) is 12.1 Å². The number of alkyl halides is 9. The molecule has 1 heterocycles. The van der Waals surface area contributed by atoms with E-state index < -0.39 is 54.2 Å². The molecule has 2 rings (SSSR count). The fourth-order valence-electron chi connectivity index (χ4n) is 2.28. The fourth-order valence-corrected chi connectivity index (χ4v) is 2.94. The highest BCUT2D eigenvalue weighted by Crippen LogP contribution is 2.36. The third-order valence-electron chi connectivity index (χ3n) is 3.45. The molecule has 2 aromatic rings. The number of nitrogens with zero attached hydrogens (tertiary/aromatic N) is 1. The molecule has 0 aliphatic carbocycles. The van der Waals surface area contributed by atoms with Gasteiger partial charge >= 0.3 is 18.5 Å². The second kappa shape index (κ2) is 7.64. The van der Waals surface area contributed by atoms with Crippen LogP contribution in [0.15, 0.2) is 35.0 Å². The zero-order valence-corrected chi connectivity index (χ0v) is 14.4. The van der Waals surface area contributed by atoms with E-state index in [-0.39, 0.29) is 28.7 Å². The van der Waals surface area contributed by atoms with E-state index in [2.05, 4.69) is 0 Å². The highest BCUT2D eigenvalue weighted by molar-refractivity contribution is 7.07. The molecule has 0 saturated carbocycles. The Morgan fingerprint density at radius 2 is 1.43 bits per heavy atom. The van der Waals surface area contributed by atoms with Crippen molar-refractivity contribution in [2.45, 2.75) is 25.1 Å². The second-order valence-electron chi connectivity index (χ2n) is 5.70. The second-order valence-corrected chi connectivity index (χ2v) is 6.48. The summed E-state index contributed by atoms with van der Waals surface area (Å²) in [6, 6.07) is 1.39. The summed E-state index contributed by atoms with van der Waals surface area (Å²) in [7, 11) is 0. The van der Waals surface area contributed by atoms with Gasteiger partial charge in [0.25, 0.3) is 5.91 Å². The van der Waals surface area contributed by atoms with Crippen LogP contribution >= 0.6 is 11.3 Å². The van der Waals surface area contributed by atoms with Gasteiger partial charge in [-0.15, -0.1) is 0 Å². The smallest absolute Gasteiger partial charge is 0.325 e. The van der Waals surface area contributed by atoms with Crippen LogP contribution < -0.4 is 0 Å². The lowest BCUT2D eigenvalue weighted by molar-refractivity contribution is -0.144. The minimum Gasteiger partial charge on any atom is -0.325 e. The van der Waals surface area contributed by atoms with Crippen molar-refractivity contribution >= 4 is 17.2 Å². The lowest BCUT2D eigenvalue weighted by Gasteiger charge is -2.24. The maximum atomic E-state index is 12.9. The Hall–Kier alpha value is -2.24. The molecule has 12 heteroatoms. The molecular weight excluding hydrogens is 425 g/mol. The van der Waals surface area contributed by atoms with Gasteiger partial charge < -0.3 is 4.90 Å². The standard InChI is InChI=1S/C16H10F9NOS/c17-14(18,19)8-26(6-9-1-2-28-7-9)13(27)10-3-11(15(20,21)22)5-12(4-10)16(23,24)25/h1-5,7H,6,8H2. The first-order valence-electron chi connectivity index (χ1n) is 7.33. The van der Waals surface area contributed by atoms with Gasteiger partial charge in [0.1, 0.15) is 6.54 Å². The van der Waals surface area contributed by atoms with Gasteiger partial charge in [-0.2, -0.15) is 50.9 Å². The predicted molar refractivity (Wildman–Crippen MR) is 81.6 cm³/mol. The number of amides is 1. The van der Waals surface area contributed by atoms with Crippen LogP contribution in [0.1, 0.15) is 27.0 Å². The van der Waals surface area contributed by atoms with E-state index in [0.29, 0.717) is 0 Å². The first-order chi connectivity index (χ1) is 12.7. The van der Waals surface area contributed by atoms with Crippen LogP contribution in [-0.2, 0) is 18.9 Å².